The van der Waals surface area contributed by atoms with Crippen molar-refractivity contribution in [3.05, 3.63) is 59.9 Å². The number of pyridine rings is 1. The second-order valence-electron chi connectivity index (χ2n) is 5.41. The second-order valence-corrected chi connectivity index (χ2v) is 5.41. The molecule has 0 radical (unpaired) electrons. The van der Waals surface area contributed by atoms with Crippen molar-refractivity contribution in [2.75, 3.05) is 6.54 Å². The van der Waals surface area contributed by atoms with Gasteiger partial charge in [0.15, 0.2) is 0 Å². The van der Waals surface area contributed by atoms with Gasteiger partial charge in [-0.05, 0) is 56.1 Å². The van der Waals surface area contributed by atoms with Crippen LogP contribution in [0, 0.1) is 0 Å². The van der Waals surface area contributed by atoms with E-state index in [1.165, 1.54) is 11.1 Å². The first-order chi connectivity index (χ1) is 10.2. The molecule has 1 aromatic heterocycles. The number of hydrogen-bond donors (Lipinski definition) is 1. The summed E-state index contributed by atoms with van der Waals surface area (Å²) in [5.74, 6) is 0.911. The Hall–Kier alpha value is -1.87. The Morgan fingerprint density at radius 1 is 1.10 bits per heavy atom. The third-order valence-corrected chi connectivity index (χ3v) is 3.20. The van der Waals surface area contributed by atoms with Crippen LogP contribution in [-0.2, 0) is 0 Å². The summed E-state index contributed by atoms with van der Waals surface area (Å²) in [6.45, 7) is 7.22. The minimum atomic E-state index is 0.173. The Morgan fingerprint density at radius 3 is 2.43 bits per heavy atom. The van der Waals surface area contributed by atoms with Crippen LogP contribution in [0.15, 0.2) is 48.8 Å². The highest BCUT2D eigenvalue weighted by Crippen LogP contribution is 2.24. The van der Waals surface area contributed by atoms with Crippen molar-refractivity contribution in [3.8, 4) is 5.75 Å². The third kappa shape index (κ3) is 4.57. The molecule has 2 rings (SSSR count). The molecule has 3 nitrogen and oxygen atoms in total. The highest BCUT2D eigenvalue weighted by Gasteiger charge is 2.13. The van der Waals surface area contributed by atoms with Gasteiger partial charge in [-0.15, -0.1) is 0 Å². The highest BCUT2D eigenvalue weighted by atomic mass is 16.5. The lowest BCUT2D eigenvalue weighted by Gasteiger charge is -2.20. The average Bonchev–Trinajstić information content (AvgIpc) is 2.50. The van der Waals surface area contributed by atoms with E-state index in [1.54, 1.807) is 6.20 Å². The van der Waals surface area contributed by atoms with Gasteiger partial charge in [-0.2, -0.15) is 0 Å². The number of rotatable bonds is 7. The van der Waals surface area contributed by atoms with Crippen LogP contribution in [0.5, 0.6) is 5.75 Å². The summed E-state index contributed by atoms with van der Waals surface area (Å²) >= 11 is 0. The zero-order valence-corrected chi connectivity index (χ0v) is 13.0. The number of nitrogens with one attached hydrogen (secondary N) is 1. The molecule has 1 unspecified atom stereocenters. The summed E-state index contributed by atoms with van der Waals surface area (Å²) in [6, 6.07) is 12.6. The van der Waals surface area contributed by atoms with Crippen LogP contribution in [0.2, 0.25) is 0 Å². The van der Waals surface area contributed by atoms with Crippen molar-refractivity contribution in [2.45, 2.75) is 39.3 Å². The molecule has 0 amide bonds. The molecule has 112 valence electrons. The molecule has 0 spiro atoms. The van der Waals surface area contributed by atoms with Crippen LogP contribution in [0.25, 0.3) is 0 Å². The molecule has 1 atom stereocenters. The normalized spacial score (nSPS) is 12.4. The van der Waals surface area contributed by atoms with E-state index in [-0.39, 0.29) is 12.1 Å². The van der Waals surface area contributed by atoms with Crippen molar-refractivity contribution >= 4 is 0 Å². The van der Waals surface area contributed by atoms with E-state index in [4.69, 9.17) is 4.74 Å². The molecule has 0 aliphatic heterocycles. The Balaban J connectivity index is 2.20. The van der Waals surface area contributed by atoms with E-state index in [0.29, 0.717) is 0 Å². The zero-order valence-electron chi connectivity index (χ0n) is 13.0. The predicted molar refractivity (Wildman–Crippen MR) is 86.6 cm³/mol. The molecule has 1 heterocycles. The van der Waals surface area contributed by atoms with Gasteiger partial charge in [-0.1, -0.05) is 25.1 Å². The minimum Gasteiger partial charge on any atom is -0.491 e. The molecule has 1 N–H and O–H groups in total. The van der Waals surface area contributed by atoms with E-state index in [2.05, 4.69) is 35.4 Å². The van der Waals surface area contributed by atoms with Gasteiger partial charge in [0.1, 0.15) is 5.75 Å². The fourth-order valence-electron chi connectivity index (χ4n) is 2.27. The molecule has 3 heteroatoms. The molecule has 0 aliphatic rings. The highest BCUT2D eigenvalue weighted by molar-refractivity contribution is 5.34. The molecular weight excluding hydrogens is 260 g/mol. The maximum atomic E-state index is 5.70. The van der Waals surface area contributed by atoms with Crippen LogP contribution >= 0.6 is 0 Å². The molecular formula is C18H24N2O. The van der Waals surface area contributed by atoms with Gasteiger partial charge in [0.25, 0.3) is 0 Å². The van der Waals surface area contributed by atoms with Crippen molar-refractivity contribution < 1.29 is 4.74 Å². The summed E-state index contributed by atoms with van der Waals surface area (Å²) in [7, 11) is 0. The topological polar surface area (TPSA) is 34.1 Å². The van der Waals surface area contributed by atoms with Crippen LogP contribution in [0.4, 0.5) is 0 Å². The number of ether oxygens (including phenoxy) is 1. The number of hydrogen-bond acceptors (Lipinski definition) is 3. The van der Waals surface area contributed by atoms with Crippen molar-refractivity contribution in [2.24, 2.45) is 0 Å². The van der Waals surface area contributed by atoms with Gasteiger partial charge < -0.3 is 10.1 Å². The monoisotopic (exact) mass is 284 g/mol. The number of nitrogens with zero attached hydrogens (tertiary/aromatic N) is 1. The summed E-state index contributed by atoms with van der Waals surface area (Å²) in [4.78, 5) is 4.23. The molecule has 0 aliphatic carbocycles. The first-order valence-electron chi connectivity index (χ1n) is 7.60. The molecule has 21 heavy (non-hydrogen) atoms. The summed E-state index contributed by atoms with van der Waals surface area (Å²) in [5.41, 5.74) is 2.41. The second kappa shape index (κ2) is 7.79. The Kier molecular flexibility index (Phi) is 5.76. The quantitative estimate of drug-likeness (QED) is 0.835. The van der Waals surface area contributed by atoms with Gasteiger partial charge in [-0.3, -0.25) is 4.98 Å². The van der Waals surface area contributed by atoms with Gasteiger partial charge in [0.05, 0.1) is 12.1 Å². The SMILES string of the molecule is CCCNC(c1ccc(OC(C)C)cc1)c1cccnc1. The first-order valence-corrected chi connectivity index (χ1v) is 7.60. The molecule has 1 aromatic carbocycles. The lowest BCUT2D eigenvalue weighted by atomic mass is 10.00. The largest absolute Gasteiger partial charge is 0.491 e. The van der Waals surface area contributed by atoms with Gasteiger partial charge in [-0.25, -0.2) is 0 Å². The van der Waals surface area contributed by atoms with Crippen LogP contribution in [-0.4, -0.2) is 17.6 Å². The minimum absolute atomic E-state index is 0.173. The van der Waals surface area contributed by atoms with E-state index in [0.717, 1.165) is 18.7 Å². The smallest absolute Gasteiger partial charge is 0.119 e. The Morgan fingerprint density at radius 2 is 1.86 bits per heavy atom. The van der Waals surface area contributed by atoms with Crippen molar-refractivity contribution in [1.82, 2.24) is 10.3 Å². The Bertz CT molecular complexity index is 523. The average molecular weight is 284 g/mol. The fraction of sp³-hybridized carbons (Fsp3) is 0.389. The van der Waals surface area contributed by atoms with Gasteiger partial charge in [0, 0.05) is 12.4 Å². The number of aromatic nitrogens is 1. The van der Waals surface area contributed by atoms with Gasteiger partial charge >= 0.3 is 0 Å². The number of benzene rings is 1. The third-order valence-electron chi connectivity index (χ3n) is 3.20. The molecule has 2 aromatic rings. The van der Waals surface area contributed by atoms with Crippen LogP contribution < -0.4 is 10.1 Å². The Labute approximate surface area is 127 Å². The molecule has 0 bridgehead atoms. The molecule has 0 fully saturated rings. The van der Waals surface area contributed by atoms with Crippen LogP contribution in [0.3, 0.4) is 0 Å². The van der Waals surface area contributed by atoms with Crippen molar-refractivity contribution in [3.63, 3.8) is 0 Å². The standard InChI is InChI=1S/C18H24N2O/c1-4-11-20-18(16-6-5-12-19-13-16)15-7-9-17(10-8-15)21-14(2)3/h5-10,12-14,18,20H,4,11H2,1-3H3. The fourth-order valence-corrected chi connectivity index (χ4v) is 2.27. The van der Waals surface area contributed by atoms with E-state index in [9.17, 15) is 0 Å². The van der Waals surface area contributed by atoms with E-state index >= 15 is 0 Å². The predicted octanol–water partition coefficient (Wildman–Crippen LogP) is 3.96. The van der Waals surface area contributed by atoms with Crippen LogP contribution in [0.1, 0.15) is 44.4 Å². The maximum absolute atomic E-state index is 5.70. The van der Waals surface area contributed by atoms with Gasteiger partial charge in [0.2, 0.25) is 0 Å². The summed E-state index contributed by atoms with van der Waals surface area (Å²) in [6.07, 6.45) is 5.03. The maximum Gasteiger partial charge on any atom is 0.119 e. The van der Waals surface area contributed by atoms with Crippen molar-refractivity contribution in [1.29, 1.82) is 0 Å². The summed E-state index contributed by atoms with van der Waals surface area (Å²) in [5, 5.41) is 3.58. The molecule has 0 saturated heterocycles. The lowest BCUT2D eigenvalue weighted by molar-refractivity contribution is 0.242. The first kappa shape index (κ1) is 15.5. The van der Waals surface area contributed by atoms with E-state index in [1.807, 2.05) is 38.2 Å². The lowest BCUT2D eigenvalue weighted by Crippen LogP contribution is -2.23. The molecule has 0 saturated carbocycles. The summed E-state index contributed by atoms with van der Waals surface area (Å²) < 4.78 is 5.70. The zero-order chi connectivity index (χ0) is 15.1. The van der Waals surface area contributed by atoms with E-state index < -0.39 is 0 Å².